The molecule has 2 amide bonds. The molecular formula is C24H19N3O3. The molecular weight excluding hydrogens is 378 g/mol. The molecule has 0 spiro atoms. The number of pyridine rings is 1. The van der Waals surface area contributed by atoms with Gasteiger partial charge in [0.2, 0.25) is 0 Å². The minimum atomic E-state index is -0.387. The molecule has 0 fully saturated rings. The van der Waals surface area contributed by atoms with E-state index in [9.17, 15) is 9.59 Å². The van der Waals surface area contributed by atoms with E-state index in [1.54, 1.807) is 61.7 Å². The van der Waals surface area contributed by atoms with Crippen LogP contribution in [0.15, 0.2) is 84.9 Å². The molecule has 0 atom stereocenters. The van der Waals surface area contributed by atoms with Crippen LogP contribution >= 0.6 is 0 Å². The minimum Gasteiger partial charge on any atom is -0.497 e. The third-order valence-electron chi connectivity index (χ3n) is 4.58. The van der Waals surface area contributed by atoms with Gasteiger partial charge in [0.25, 0.3) is 11.8 Å². The Labute approximate surface area is 173 Å². The maximum Gasteiger partial charge on any atom is 0.274 e. The second-order valence-electron chi connectivity index (χ2n) is 6.57. The lowest BCUT2D eigenvalue weighted by Gasteiger charge is -2.12. The summed E-state index contributed by atoms with van der Waals surface area (Å²) in [6, 6.07) is 25.0. The number of para-hydroxylation sites is 2. The van der Waals surface area contributed by atoms with Crippen molar-refractivity contribution >= 4 is 34.1 Å². The van der Waals surface area contributed by atoms with E-state index in [4.69, 9.17) is 4.74 Å². The zero-order valence-corrected chi connectivity index (χ0v) is 16.3. The van der Waals surface area contributed by atoms with Gasteiger partial charge in [-0.25, -0.2) is 4.98 Å². The number of nitrogens with zero attached hydrogens (tertiary/aromatic N) is 1. The van der Waals surface area contributed by atoms with Gasteiger partial charge in [-0.2, -0.15) is 0 Å². The summed E-state index contributed by atoms with van der Waals surface area (Å²) in [5.74, 6) is -0.0928. The number of fused-ring (bicyclic) bond motifs is 1. The topological polar surface area (TPSA) is 80.3 Å². The minimum absolute atomic E-state index is 0.275. The van der Waals surface area contributed by atoms with Crippen LogP contribution in [-0.2, 0) is 0 Å². The molecule has 6 nitrogen and oxygen atoms in total. The fourth-order valence-electron chi connectivity index (χ4n) is 3.07. The van der Waals surface area contributed by atoms with E-state index in [-0.39, 0.29) is 17.5 Å². The molecule has 148 valence electrons. The second-order valence-corrected chi connectivity index (χ2v) is 6.57. The highest BCUT2D eigenvalue weighted by Crippen LogP contribution is 2.21. The van der Waals surface area contributed by atoms with Gasteiger partial charge in [-0.3, -0.25) is 9.59 Å². The molecule has 1 heterocycles. The number of hydrogen-bond donors (Lipinski definition) is 2. The van der Waals surface area contributed by atoms with Crippen LogP contribution in [0.4, 0.5) is 11.4 Å². The lowest BCUT2D eigenvalue weighted by molar-refractivity contribution is 0.102. The number of rotatable bonds is 5. The van der Waals surface area contributed by atoms with Crippen molar-refractivity contribution < 1.29 is 14.3 Å². The van der Waals surface area contributed by atoms with Crippen LogP contribution in [0, 0.1) is 0 Å². The average Bonchev–Trinajstić information content (AvgIpc) is 2.79. The van der Waals surface area contributed by atoms with Crippen molar-refractivity contribution in [2.75, 3.05) is 17.7 Å². The fraction of sp³-hybridized carbons (Fsp3) is 0.0417. The third-order valence-corrected chi connectivity index (χ3v) is 4.58. The van der Waals surface area contributed by atoms with Gasteiger partial charge in [-0.15, -0.1) is 0 Å². The zero-order valence-electron chi connectivity index (χ0n) is 16.3. The summed E-state index contributed by atoms with van der Waals surface area (Å²) in [5.41, 5.74) is 2.34. The normalized spacial score (nSPS) is 10.4. The first kappa shape index (κ1) is 19.1. The Morgan fingerprint density at radius 1 is 0.800 bits per heavy atom. The molecule has 0 unspecified atom stereocenters. The van der Waals surface area contributed by atoms with Gasteiger partial charge in [0.05, 0.1) is 23.9 Å². The first-order chi connectivity index (χ1) is 14.6. The monoisotopic (exact) mass is 397 g/mol. The molecule has 6 heteroatoms. The summed E-state index contributed by atoms with van der Waals surface area (Å²) >= 11 is 0. The molecule has 0 aliphatic carbocycles. The molecule has 30 heavy (non-hydrogen) atoms. The first-order valence-corrected chi connectivity index (χ1v) is 9.35. The molecule has 1 aromatic heterocycles. The van der Waals surface area contributed by atoms with Crippen LogP contribution in [0.25, 0.3) is 10.9 Å². The van der Waals surface area contributed by atoms with Crippen LogP contribution < -0.4 is 15.4 Å². The standard InChI is InChI=1S/C24H19N3O3/c1-30-18-9-6-8-17(15-18)25-23(28)19-10-3-5-12-21(19)27-24(29)22-14-13-16-7-2-4-11-20(16)26-22/h2-15H,1H3,(H,25,28)(H,27,29). The molecule has 2 N–H and O–H groups in total. The maximum absolute atomic E-state index is 12.8. The summed E-state index contributed by atoms with van der Waals surface area (Å²) in [6.07, 6.45) is 0. The smallest absolute Gasteiger partial charge is 0.274 e. The van der Waals surface area contributed by atoms with Crippen molar-refractivity contribution in [3.8, 4) is 5.75 Å². The molecule has 0 radical (unpaired) electrons. The fourth-order valence-corrected chi connectivity index (χ4v) is 3.07. The van der Waals surface area contributed by atoms with Gasteiger partial charge in [-0.05, 0) is 36.4 Å². The zero-order chi connectivity index (χ0) is 20.9. The Morgan fingerprint density at radius 2 is 1.60 bits per heavy atom. The van der Waals surface area contributed by atoms with E-state index in [0.717, 1.165) is 10.9 Å². The van der Waals surface area contributed by atoms with Crippen LogP contribution in [0.2, 0.25) is 0 Å². The number of nitrogens with one attached hydrogen (secondary N) is 2. The Morgan fingerprint density at radius 3 is 2.47 bits per heavy atom. The van der Waals surface area contributed by atoms with Crippen molar-refractivity contribution in [2.24, 2.45) is 0 Å². The summed E-state index contributed by atoms with van der Waals surface area (Å²) in [6.45, 7) is 0. The Bertz CT molecular complexity index is 1240. The molecule has 0 saturated carbocycles. The lowest BCUT2D eigenvalue weighted by Crippen LogP contribution is -2.19. The number of amides is 2. The molecule has 0 bridgehead atoms. The summed E-state index contributed by atoms with van der Waals surface area (Å²) in [7, 11) is 1.56. The highest BCUT2D eigenvalue weighted by atomic mass is 16.5. The van der Waals surface area contributed by atoms with E-state index < -0.39 is 0 Å². The highest BCUT2D eigenvalue weighted by molar-refractivity contribution is 6.12. The van der Waals surface area contributed by atoms with Gasteiger partial charge < -0.3 is 15.4 Å². The number of methoxy groups -OCH3 is 1. The third kappa shape index (κ3) is 4.12. The van der Waals surface area contributed by atoms with Gasteiger partial charge in [0.1, 0.15) is 11.4 Å². The van der Waals surface area contributed by atoms with E-state index >= 15 is 0 Å². The van der Waals surface area contributed by atoms with E-state index in [1.165, 1.54) is 0 Å². The van der Waals surface area contributed by atoms with E-state index in [1.807, 2.05) is 30.3 Å². The second kappa shape index (κ2) is 8.45. The van der Waals surface area contributed by atoms with Crippen LogP contribution in [0.3, 0.4) is 0 Å². The van der Waals surface area contributed by atoms with Gasteiger partial charge >= 0.3 is 0 Å². The van der Waals surface area contributed by atoms with Crippen LogP contribution in [0.1, 0.15) is 20.8 Å². The van der Waals surface area contributed by atoms with Crippen molar-refractivity contribution in [3.63, 3.8) is 0 Å². The van der Waals surface area contributed by atoms with E-state index in [2.05, 4.69) is 15.6 Å². The molecule has 0 saturated heterocycles. The van der Waals surface area contributed by atoms with Gasteiger partial charge in [0.15, 0.2) is 0 Å². The van der Waals surface area contributed by atoms with Crippen molar-refractivity contribution in [3.05, 3.63) is 96.2 Å². The largest absolute Gasteiger partial charge is 0.497 e. The summed E-state index contributed by atoms with van der Waals surface area (Å²) < 4.78 is 5.18. The molecule has 3 aromatic carbocycles. The number of benzene rings is 3. The predicted octanol–water partition coefficient (Wildman–Crippen LogP) is 4.75. The number of ether oxygens (including phenoxy) is 1. The maximum atomic E-state index is 12.8. The highest BCUT2D eigenvalue weighted by Gasteiger charge is 2.15. The van der Waals surface area contributed by atoms with Crippen molar-refractivity contribution in [1.82, 2.24) is 4.98 Å². The van der Waals surface area contributed by atoms with E-state index in [0.29, 0.717) is 22.7 Å². The Kier molecular flexibility index (Phi) is 5.39. The number of aromatic nitrogens is 1. The van der Waals surface area contributed by atoms with Gasteiger partial charge in [-0.1, -0.05) is 42.5 Å². The van der Waals surface area contributed by atoms with Crippen LogP contribution in [-0.4, -0.2) is 23.9 Å². The summed E-state index contributed by atoms with van der Waals surface area (Å²) in [4.78, 5) is 30.0. The molecule has 4 aromatic rings. The number of carbonyl (C=O) groups excluding carboxylic acids is 2. The Hall–Kier alpha value is -4.19. The lowest BCUT2D eigenvalue weighted by atomic mass is 10.1. The number of anilines is 2. The molecule has 0 aliphatic rings. The van der Waals surface area contributed by atoms with Crippen molar-refractivity contribution in [2.45, 2.75) is 0 Å². The summed E-state index contributed by atoms with van der Waals surface area (Å²) in [5, 5.41) is 6.57. The number of hydrogen-bond acceptors (Lipinski definition) is 4. The van der Waals surface area contributed by atoms with Gasteiger partial charge in [0, 0.05) is 17.1 Å². The average molecular weight is 397 g/mol. The van der Waals surface area contributed by atoms with Crippen molar-refractivity contribution in [1.29, 1.82) is 0 Å². The molecule has 4 rings (SSSR count). The quantitative estimate of drug-likeness (QED) is 0.509. The number of carbonyl (C=O) groups is 2. The first-order valence-electron chi connectivity index (χ1n) is 9.35. The Balaban J connectivity index is 1.56. The molecule has 0 aliphatic heterocycles. The van der Waals surface area contributed by atoms with Crippen LogP contribution in [0.5, 0.6) is 5.75 Å². The predicted molar refractivity (Wildman–Crippen MR) is 117 cm³/mol. The SMILES string of the molecule is COc1cccc(NC(=O)c2ccccc2NC(=O)c2ccc3ccccc3n2)c1.